The summed E-state index contributed by atoms with van der Waals surface area (Å²) in [6, 6.07) is 0. The van der Waals surface area contributed by atoms with Crippen LogP contribution in [-0.2, 0) is 4.79 Å². The molecule has 0 aromatic heterocycles. The molecule has 2 N–H and O–H groups in total. The number of hydrogen-bond acceptors (Lipinski definition) is 1. The standard InChI is InChI=1S/C12H25NO/c1-4-7-8-10(5-2)9-11(6-3)12(13)14/h10-11H,4-9H2,1-3H3,(H2,13,14). The third kappa shape index (κ3) is 5.25. The van der Waals surface area contributed by atoms with Crippen LogP contribution in [-0.4, -0.2) is 5.91 Å². The van der Waals surface area contributed by atoms with Gasteiger partial charge in [-0.3, -0.25) is 4.79 Å². The van der Waals surface area contributed by atoms with Crippen LogP contribution in [0.25, 0.3) is 0 Å². The van der Waals surface area contributed by atoms with E-state index in [0.717, 1.165) is 12.8 Å². The maximum atomic E-state index is 11.1. The highest BCUT2D eigenvalue weighted by atomic mass is 16.1. The van der Waals surface area contributed by atoms with Gasteiger partial charge in [0.2, 0.25) is 5.91 Å². The molecule has 0 aromatic rings. The largest absolute Gasteiger partial charge is 0.369 e. The van der Waals surface area contributed by atoms with Crippen molar-refractivity contribution in [2.24, 2.45) is 17.6 Å². The van der Waals surface area contributed by atoms with Crippen molar-refractivity contribution in [2.45, 2.75) is 59.3 Å². The van der Waals surface area contributed by atoms with Crippen LogP contribution in [0.2, 0.25) is 0 Å². The van der Waals surface area contributed by atoms with Crippen molar-refractivity contribution in [2.75, 3.05) is 0 Å². The van der Waals surface area contributed by atoms with Gasteiger partial charge in [0.1, 0.15) is 0 Å². The van der Waals surface area contributed by atoms with Crippen LogP contribution in [0.15, 0.2) is 0 Å². The molecule has 0 radical (unpaired) electrons. The molecule has 2 atom stereocenters. The number of carbonyl (C=O) groups excluding carboxylic acids is 1. The van der Waals surface area contributed by atoms with E-state index in [4.69, 9.17) is 5.73 Å². The Kier molecular flexibility index (Phi) is 7.54. The van der Waals surface area contributed by atoms with Gasteiger partial charge in [0.15, 0.2) is 0 Å². The van der Waals surface area contributed by atoms with Gasteiger partial charge in [-0.25, -0.2) is 0 Å². The first-order valence-corrected chi connectivity index (χ1v) is 5.94. The van der Waals surface area contributed by atoms with E-state index in [-0.39, 0.29) is 11.8 Å². The Morgan fingerprint density at radius 3 is 2.21 bits per heavy atom. The summed E-state index contributed by atoms with van der Waals surface area (Å²) < 4.78 is 0. The number of hydrogen-bond donors (Lipinski definition) is 1. The Morgan fingerprint density at radius 1 is 1.21 bits per heavy atom. The second kappa shape index (κ2) is 7.84. The van der Waals surface area contributed by atoms with Crippen LogP contribution < -0.4 is 5.73 Å². The first-order valence-electron chi connectivity index (χ1n) is 5.94. The fourth-order valence-corrected chi connectivity index (χ4v) is 1.87. The van der Waals surface area contributed by atoms with Crippen molar-refractivity contribution in [1.29, 1.82) is 0 Å². The maximum Gasteiger partial charge on any atom is 0.220 e. The van der Waals surface area contributed by atoms with Gasteiger partial charge < -0.3 is 5.73 Å². The Morgan fingerprint density at radius 2 is 1.86 bits per heavy atom. The smallest absolute Gasteiger partial charge is 0.220 e. The molecule has 14 heavy (non-hydrogen) atoms. The average molecular weight is 199 g/mol. The van der Waals surface area contributed by atoms with Gasteiger partial charge in [0, 0.05) is 5.92 Å². The van der Waals surface area contributed by atoms with Crippen LogP contribution in [0.5, 0.6) is 0 Å². The number of nitrogens with two attached hydrogens (primary N) is 1. The number of rotatable bonds is 8. The summed E-state index contributed by atoms with van der Waals surface area (Å²) in [5.74, 6) is 0.659. The SMILES string of the molecule is CCCCC(CC)CC(CC)C(N)=O. The lowest BCUT2D eigenvalue weighted by atomic mass is 9.87. The molecule has 84 valence electrons. The van der Waals surface area contributed by atoms with E-state index in [0.29, 0.717) is 5.92 Å². The molecule has 0 aliphatic heterocycles. The summed E-state index contributed by atoms with van der Waals surface area (Å²) in [5.41, 5.74) is 5.34. The van der Waals surface area contributed by atoms with Gasteiger partial charge in [-0.2, -0.15) is 0 Å². The molecular formula is C12H25NO. The van der Waals surface area contributed by atoms with Gasteiger partial charge in [-0.05, 0) is 18.8 Å². The third-order valence-corrected chi connectivity index (χ3v) is 3.06. The predicted molar refractivity (Wildman–Crippen MR) is 60.9 cm³/mol. The third-order valence-electron chi connectivity index (χ3n) is 3.06. The topological polar surface area (TPSA) is 43.1 Å². The molecule has 0 fully saturated rings. The molecule has 0 saturated heterocycles. The lowest BCUT2D eigenvalue weighted by molar-refractivity contribution is -0.122. The van der Waals surface area contributed by atoms with Gasteiger partial charge >= 0.3 is 0 Å². The zero-order valence-electron chi connectivity index (χ0n) is 9.88. The second-order valence-electron chi connectivity index (χ2n) is 4.16. The summed E-state index contributed by atoms with van der Waals surface area (Å²) >= 11 is 0. The first-order chi connectivity index (χ1) is 6.65. The highest BCUT2D eigenvalue weighted by Gasteiger charge is 2.17. The molecule has 2 unspecified atom stereocenters. The quantitative estimate of drug-likeness (QED) is 0.641. The van der Waals surface area contributed by atoms with Crippen molar-refractivity contribution in [1.82, 2.24) is 0 Å². The molecule has 0 saturated carbocycles. The highest BCUT2D eigenvalue weighted by Crippen LogP contribution is 2.23. The summed E-state index contributed by atoms with van der Waals surface area (Å²) in [6.45, 7) is 6.45. The fourth-order valence-electron chi connectivity index (χ4n) is 1.87. The number of primary amides is 1. The highest BCUT2D eigenvalue weighted by molar-refractivity contribution is 5.76. The zero-order valence-corrected chi connectivity index (χ0v) is 9.88. The Labute approximate surface area is 88.3 Å². The number of amides is 1. The lowest BCUT2D eigenvalue weighted by Crippen LogP contribution is -2.24. The maximum absolute atomic E-state index is 11.1. The van der Waals surface area contributed by atoms with Crippen molar-refractivity contribution in [3.63, 3.8) is 0 Å². The Balaban J connectivity index is 3.94. The summed E-state index contributed by atoms with van der Waals surface area (Å²) in [7, 11) is 0. The summed E-state index contributed by atoms with van der Waals surface area (Å²) in [5, 5.41) is 0. The normalized spacial score (nSPS) is 15.1. The average Bonchev–Trinajstić information content (AvgIpc) is 2.18. The lowest BCUT2D eigenvalue weighted by Gasteiger charge is -2.19. The van der Waals surface area contributed by atoms with Gasteiger partial charge in [0.25, 0.3) is 0 Å². The predicted octanol–water partition coefficient (Wildman–Crippen LogP) is 3.10. The first kappa shape index (κ1) is 13.5. The molecule has 0 aliphatic rings. The zero-order chi connectivity index (χ0) is 11.0. The summed E-state index contributed by atoms with van der Waals surface area (Å²) in [4.78, 5) is 11.1. The van der Waals surface area contributed by atoms with Gasteiger partial charge in [0.05, 0.1) is 0 Å². The molecule has 2 nitrogen and oxygen atoms in total. The van der Waals surface area contributed by atoms with Gasteiger partial charge in [-0.15, -0.1) is 0 Å². The minimum Gasteiger partial charge on any atom is -0.369 e. The molecule has 1 amide bonds. The van der Waals surface area contributed by atoms with Crippen LogP contribution in [0, 0.1) is 11.8 Å². The monoisotopic (exact) mass is 199 g/mol. The van der Waals surface area contributed by atoms with E-state index in [1.807, 2.05) is 6.92 Å². The molecular weight excluding hydrogens is 174 g/mol. The molecule has 0 spiro atoms. The van der Waals surface area contributed by atoms with Crippen molar-refractivity contribution >= 4 is 5.91 Å². The summed E-state index contributed by atoms with van der Waals surface area (Å²) in [6.07, 6.45) is 6.80. The Hall–Kier alpha value is -0.530. The molecule has 0 bridgehead atoms. The van der Waals surface area contributed by atoms with Crippen LogP contribution in [0.1, 0.15) is 59.3 Å². The van der Waals surface area contributed by atoms with Crippen LogP contribution >= 0.6 is 0 Å². The van der Waals surface area contributed by atoms with Crippen LogP contribution in [0.4, 0.5) is 0 Å². The van der Waals surface area contributed by atoms with Crippen molar-refractivity contribution < 1.29 is 4.79 Å². The van der Waals surface area contributed by atoms with E-state index in [2.05, 4.69) is 13.8 Å². The minimum absolute atomic E-state index is 0.0943. The van der Waals surface area contributed by atoms with E-state index in [1.165, 1.54) is 25.7 Å². The van der Waals surface area contributed by atoms with Gasteiger partial charge in [-0.1, -0.05) is 46.5 Å². The molecule has 0 heterocycles. The van der Waals surface area contributed by atoms with E-state index in [9.17, 15) is 4.79 Å². The van der Waals surface area contributed by atoms with E-state index in [1.54, 1.807) is 0 Å². The minimum atomic E-state index is -0.123. The van der Waals surface area contributed by atoms with E-state index < -0.39 is 0 Å². The molecule has 2 heteroatoms. The molecule has 0 aromatic carbocycles. The van der Waals surface area contributed by atoms with E-state index >= 15 is 0 Å². The van der Waals surface area contributed by atoms with Crippen molar-refractivity contribution in [3.8, 4) is 0 Å². The van der Waals surface area contributed by atoms with Crippen molar-refractivity contribution in [3.05, 3.63) is 0 Å². The van der Waals surface area contributed by atoms with Crippen LogP contribution in [0.3, 0.4) is 0 Å². The number of carbonyl (C=O) groups is 1. The molecule has 0 rings (SSSR count). The Bertz CT molecular complexity index is 156. The number of unbranched alkanes of at least 4 members (excludes halogenated alkanes) is 1. The second-order valence-corrected chi connectivity index (χ2v) is 4.16. The fraction of sp³-hybridized carbons (Fsp3) is 0.917. The molecule has 0 aliphatic carbocycles.